The molecular formula is C7H6ClFO3S. The van der Waals surface area contributed by atoms with Crippen LogP contribution in [0.3, 0.4) is 0 Å². The molecule has 0 amide bonds. The molecule has 1 aromatic rings. The molecule has 0 aromatic carbocycles. The fourth-order valence-corrected chi connectivity index (χ4v) is 1.43. The summed E-state index contributed by atoms with van der Waals surface area (Å²) in [5.41, 5.74) is -1.93. The van der Waals surface area contributed by atoms with E-state index in [4.69, 9.17) is 21.1 Å². The number of carboxylic acids is 1. The van der Waals surface area contributed by atoms with E-state index >= 15 is 0 Å². The molecule has 13 heavy (non-hydrogen) atoms. The van der Waals surface area contributed by atoms with E-state index in [2.05, 4.69) is 0 Å². The van der Waals surface area contributed by atoms with Gasteiger partial charge in [-0.1, -0.05) is 0 Å². The maximum absolute atomic E-state index is 12.5. The summed E-state index contributed by atoms with van der Waals surface area (Å²) in [5, 5.41) is 8.42. The molecule has 1 heterocycles. The molecular weight excluding hydrogens is 219 g/mol. The van der Waals surface area contributed by atoms with Crippen LogP contribution in [0.2, 0.25) is 5.22 Å². The number of carboxylic acid groups (broad SMARTS) is 1. The third kappa shape index (κ3) is 3.28. The largest absolute Gasteiger partial charge is 0.478 e. The summed E-state index contributed by atoms with van der Waals surface area (Å²) in [4.78, 5) is 10.1. The topological polar surface area (TPSA) is 50.4 Å². The first kappa shape index (κ1) is 10.4. The van der Waals surface area contributed by atoms with Gasteiger partial charge in [0.05, 0.1) is 5.75 Å². The maximum atomic E-state index is 12.5. The summed E-state index contributed by atoms with van der Waals surface area (Å²) >= 11 is 6.08. The van der Waals surface area contributed by atoms with Crippen molar-refractivity contribution in [3.8, 4) is 0 Å². The lowest BCUT2D eigenvalue weighted by Gasteiger charge is -1.99. The predicted octanol–water partition coefficient (Wildman–Crippen LogP) is 2.55. The molecule has 0 spiro atoms. The number of thioether (sulfide) groups is 1. The van der Waals surface area contributed by atoms with Crippen LogP contribution < -0.4 is 0 Å². The summed E-state index contributed by atoms with van der Waals surface area (Å²) in [6.07, 6.45) is 0. The monoisotopic (exact) mass is 224 g/mol. The van der Waals surface area contributed by atoms with E-state index in [-0.39, 0.29) is 11.0 Å². The molecule has 0 bridgehead atoms. The summed E-state index contributed by atoms with van der Waals surface area (Å²) < 4.78 is 17.4. The van der Waals surface area contributed by atoms with Gasteiger partial charge in [0.2, 0.25) is 5.50 Å². The molecule has 1 N–H and O–H groups in total. The third-order valence-electron chi connectivity index (χ3n) is 1.19. The Labute approximate surface area is 82.9 Å². The summed E-state index contributed by atoms with van der Waals surface area (Å²) in [6.45, 7) is 0. The highest BCUT2D eigenvalue weighted by Gasteiger charge is 2.16. The third-order valence-corrected chi connectivity index (χ3v) is 2.34. The van der Waals surface area contributed by atoms with Gasteiger partial charge >= 0.3 is 5.97 Å². The van der Waals surface area contributed by atoms with E-state index < -0.39 is 11.5 Å². The van der Waals surface area contributed by atoms with Gasteiger partial charge < -0.3 is 9.52 Å². The molecule has 0 saturated carbocycles. The summed E-state index contributed by atoms with van der Waals surface area (Å²) in [5.74, 6) is -0.873. The molecule has 1 aromatic heterocycles. The first-order chi connectivity index (χ1) is 6.09. The Balaban J connectivity index is 2.39. The van der Waals surface area contributed by atoms with Crippen molar-refractivity contribution in [2.24, 2.45) is 0 Å². The van der Waals surface area contributed by atoms with E-state index in [1.165, 1.54) is 6.07 Å². The smallest absolute Gasteiger partial charge is 0.348 e. The minimum absolute atomic E-state index is 0.153. The fraction of sp³-hybridized carbons (Fsp3) is 0.286. The van der Waals surface area contributed by atoms with Crippen LogP contribution >= 0.6 is 23.4 Å². The number of halogens is 2. The van der Waals surface area contributed by atoms with Crippen LogP contribution in [0.15, 0.2) is 16.5 Å². The lowest BCUT2D eigenvalue weighted by Crippen LogP contribution is -2.09. The van der Waals surface area contributed by atoms with E-state index in [9.17, 15) is 9.18 Å². The van der Waals surface area contributed by atoms with E-state index in [1.54, 1.807) is 6.07 Å². The number of furan rings is 1. The Morgan fingerprint density at radius 1 is 1.77 bits per heavy atom. The second-order valence-corrected chi connectivity index (χ2v) is 3.58. The van der Waals surface area contributed by atoms with Gasteiger partial charge in [-0.3, -0.25) is 0 Å². The van der Waals surface area contributed by atoms with Crippen molar-refractivity contribution in [3.63, 3.8) is 0 Å². The SMILES string of the molecule is O=C(O)C(F)SCc1ccc(Cl)o1. The Bertz CT molecular complexity index is 302. The molecule has 72 valence electrons. The molecule has 3 nitrogen and oxygen atoms in total. The molecule has 1 unspecified atom stereocenters. The second kappa shape index (κ2) is 4.53. The average molecular weight is 225 g/mol. The highest BCUT2D eigenvalue weighted by Crippen LogP contribution is 2.22. The van der Waals surface area contributed by atoms with Gasteiger partial charge in [-0.05, 0) is 23.7 Å². The molecule has 6 heteroatoms. The van der Waals surface area contributed by atoms with Crippen LogP contribution in [0.1, 0.15) is 5.76 Å². The zero-order valence-corrected chi connectivity index (χ0v) is 7.94. The second-order valence-electron chi connectivity index (χ2n) is 2.17. The molecule has 0 aliphatic heterocycles. The highest BCUT2D eigenvalue weighted by atomic mass is 35.5. The summed E-state index contributed by atoms with van der Waals surface area (Å²) in [6, 6.07) is 3.09. The van der Waals surface area contributed by atoms with Crippen molar-refractivity contribution in [2.45, 2.75) is 11.3 Å². The Morgan fingerprint density at radius 3 is 2.92 bits per heavy atom. The zero-order chi connectivity index (χ0) is 9.84. The summed E-state index contributed by atoms with van der Waals surface area (Å²) in [7, 11) is 0. The van der Waals surface area contributed by atoms with Crippen LogP contribution in [0.5, 0.6) is 0 Å². The standard InChI is InChI=1S/C7H6ClFO3S/c8-5-2-1-4(12-5)3-13-6(9)7(10)11/h1-2,6H,3H2,(H,10,11). The highest BCUT2D eigenvalue weighted by molar-refractivity contribution is 7.99. The van der Waals surface area contributed by atoms with E-state index in [0.29, 0.717) is 17.5 Å². The molecule has 0 aliphatic rings. The van der Waals surface area contributed by atoms with Crippen molar-refractivity contribution in [1.29, 1.82) is 0 Å². The van der Waals surface area contributed by atoms with Gasteiger partial charge in [-0.15, -0.1) is 11.8 Å². The van der Waals surface area contributed by atoms with Crippen molar-refractivity contribution in [2.75, 3.05) is 0 Å². The van der Waals surface area contributed by atoms with Gasteiger partial charge in [0.1, 0.15) is 5.76 Å². The predicted molar refractivity (Wildman–Crippen MR) is 47.5 cm³/mol. The number of rotatable bonds is 4. The minimum Gasteiger partial charge on any atom is -0.478 e. The maximum Gasteiger partial charge on any atom is 0.348 e. The Kier molecular flexibility index (Phi) is 3.62. The minimum atomic E-state index is -1.93. The first-order valence-corrected chi connectivity index (χ1v) is 4.75. The number of aliphatic carboxylic acids is 1. The van der Waals surface area contributed by atoms with Crippen LogP contribution in [0.4, 0.5) is 4.39 Å². The molecule has 0 aliphatic carbocycles. The van der Waals surface area contributed by atoms with E-state index in [0.717, 1.165) is 0 Å². The fourth-order valence-electron chi connectivity index (χ4n) is 0.656. The quantitative estimate of drug-likeness (QED) is 0.854. The number of carbonyl (C=O) groups is 1. The molecule has 0 fully saturated rings. The van der Waals surface area contributed by atoms with Crippen LogP contribution in [0.25, 0.3) is 0 Å². The van der Waals surface area contributed by atoms with Gasteiger partial charge in [0.25, 0.3) is 0 Å². The number of hydrogen-bond acceptors (Lipinski definition) is 3. The van der Waals surface area contributed by atoms with Gasteiger partial charge in [0, 0.05) is 0 Å². The van der Waals surface area contributed by atoms with Crippen molar-refractivity contribution in [3.05, 3.63) is 23.1 Å². The first-order valence-electron chi connectivity index (χ1n) is 3.32. The zero-order valence-electron chi connectivity index (χ0n) is 6.37. The van der Waals surface area contributed by atoms with Crippen molar-refractivity contribution < 1.29 is 18.7 Å². The van der Waals surface area contributed by atoms with Gasteiger partial charge in [0.15, 0.2) is 5.22 Å². The Morgan fingerprint density at radius 2 is 2.46 bits per heavy atom. The molecule has 0 radical (unpaired) electrons. The molecule has 1 atom stereocenters. The van der Waals surface area contributed by atoms with Crippen LogP contribution in [-0.4, -0.2) is 16.6 Å². The van der Waals surface area contributed by atoms with Crippen LogP contribution in [-0.2, 0) is 10.5 Å². The normalized spacial score (nSPS) is 12.8. The average Bonchev–Trinajstić information content (AvgIpc) is 2.47. The lowest BCUT2D eigenvalue weighted by molar-refractivity contribution is -0.139. The van der Waals surface area contributed by atoms with Crippen molar-refractivity contribution >= 4 is 29.3 Å². The van der Waals surface area contributed by atoms with Crippen LogP contribution in [0, 0.1) is 0 Å². The van der Waals surface area contributed by atoms with Gasteiger partial charge in [-0.25, -0.2) is 9.18 Å². The number of hydrogen-bond donors (Lipinski definition) is 1. The Hall–Kier alpha value is -0.680. The van der Waals surface area contributed by atoms with Gasteiger partial charge in [-0.2, -0.15) is 0 Å². The lowest BCUT2D eigenvalue weighted by atomic mass is 10.5. The van der Waals surface area contributed by atoms with Crippen molar-refractivity contribution in [1.82, 2.24) is 0 Å². The van der Waals surface area contributed by atoms with E-state index in [1.807, 2.05) is 0 Å². The number of alkyl halides is 1. The molecule has 1 rings (SSSR count). The molecule has 0 saturated heterocycles.